The number of hydrogen-bond acceptors (Lipinski definition) is 11. The first-order valence-electron chi connectivity index (χ1n) is 16.5. The number of ether oxygens (including phenoxy) is 2. The number of aliphatic carboxylic acids is 1. The number of unbranched alkanes of at least 4 members (excludes halogenated alkanes) is 11. The van der Waals surface area contributed by atoms with E-state index in [9.17, 15) is 34.1 Å². The van der Waals surface area contributed by atoms with Crippen LogP contribution in [0.2, 0.25) is 0 Å². The molecule has 0 saturated carbocycles. The van der Waals surface area contributed by atoms with Crippen LogP contribution < -0.4 is 0 Å². The van der Waals surface area contributed by atoms with Crippen molar-refractivity contribution in [2.75, 3.05) is 26.4 Å². The van der Waals surface area contributed by atoms with Gasteiger partial charge in [-0.2, -0.15) is 0 Å². The summed E-state index contributed by atoms with van der Waals surface area (Å²) >= 11 is 0. The lowest BCUT2D eigenvalue weighted by Crippen LogP contribution is -2.30. The van der Waals surface area contributed by atoms with Crippen LogP contribution in [0.25, 0.3) is 0 Å². The number of phosphoric acid groups is 1. The second-order valence-electron chi connectivity index (χ2n) is 11.2. The van der Waals surface area contributed by atoms with Crippen LogP contribution in [0.5, 0.6) is 0 Å². The van der Waals surface area contributed by atoms with Gasteiger partial charge < -0.3 is 34.8 Å². The van der Waals surface area contributed by atoms with E-state index in [-0.39, 0.29) is 25.7 Å². The molecule has 5 N–H and O–H groups in total. The molecule has 268 valence electrons. The summed E-state index contributed by atoms with van der Waals surface area (Å²) in [6.45, 7) is -0.273. The maximum absolute atomic E-state index is 12.3. The van der Waals surface area contributed by atoms with Crippen molar-refractivity contribution in [3.63, 3.8) is 0 Å². The number of carbonyl (C=O) groups is 3. The second-order valence-corrected chi connectivity index (χ2v) is 12.6. The van der Waals surface area contributed by atoms with Gasteiger partial charge in [0.2, 0.25) is 0 Å². The number of allylic oxidation sites excluding steroid dienone is 2. The summed E-state index contributed by atoms with van der Waals surface area (Å²) in [5.41, 5.74) is 0. The van der Waals surface area contributed by atoms with Gasteiger partial charge in [0.15, 0.2) is 6.10 Å². The highest BCUT2D eigenvalue weighted by Crippen LogP contribution is 2.43. The molecule has 0 bridgehead atoms. The molecule has 14 heteroatoms. The average molecular weight is 681 g/mol. The Morgan fingerprint density at radius 2 is 1.33 bits per heavy atom. The molecule has 0 aromatic rings. The van der Waals surface area contributed by atoms with E-state index in [4.69, 9.17) is 24.2 Å². The van der Waals surface area contributed by atoms with Crippen molar-refractivity contribution in [3.05, 3.63) is 24.3 Å². The van der Waals surface area contributed by atoms with Crippen molar-refractivity contribution in [2.45, 2.75) is 134 Å². The second kappa shape index (κ2) is 29.1. The summed E-state index contributed by atoms with van der Waals surface area (Å²) in [6, 6.07) is 0. The fraction of sp³-hybridized carbons (Fsp3) is 0.781. The average Bonchev–Trinajstić information content (AvgIpc) is 3.02. The van der Waals surface area contributed by atoms with Crippen LogP contribution in [0.3, 0.4) is 0 Å². The Hall–Kier alpha value is -2.12. The fourth-order valence-electron chi connectivity index (χ4n) is 4.15. The molecule has 0 rings (SSSR count). The van der Waals surface area contributed by atoms with Gasteiger partial charge in [-0.05, 0) is 51.0 Å². The van der Waals surface area contributed by atoms with Gasteiger partial charge in [0.1, 0.15) is 12.7 Å². The molecule has 0 aromatic heterocycles. The molecule has 0 saturated heterocycles. The summed E-state index contributed by atoms with van der Waals surface area (Å²) in [4.78, 5) is 44.9. The molecule has 0 aliphatic rings. The monoisotopic (exact) mass is 680 g/mol. The largest absolute Gasteiger partial charge is 0.478 e. The zero-order valence-corrected chi connectivity index (χ0v) is 28.2. The van der Waals surface area contributed by atoms with Crippen LogP contribution >= 0.6 is 7.82 Å². The van der Waals surface area contributed by atoms with Crippen LogP contribution in [-0.4, -0.2) is 88.0 Å². The highest BCUT2D eigenvalue weighted by molar-refractivity contribution is 7.47. The van der Waals surface area contributed by atoms with Crippen molar-refractivity contribution in [3.8, 4) is 0 Å². The molecule has 0 amide bonds. The third-order valence-electron chi connectivity index (χ3n) is 6.78. The van der Waals surface area contributed by atoms with Crippen LogP contribution in [0, 0.1) is 0 Å². The third-order valence-corrected chi connectivity index (χ3v) is 7.73. The number of carboxylic acid groups (broad SMARTS) is 1. The fourth-order valence-corrected chi connectivity index (χ4v) is 4.94. The molecule has 13 nitrogen and oxygen atoms in total. The highest BCUT2D eigenvalue weighted by Gasteiger charge is 2.27. The highest BCUT2D eigenvalue weighted by atomic mass is 31.2. The van der Waals surface area contributed by atoms with Crippen LogP contribution in [0.15, 0.2) is 24.3 Å². The van der Waals surface area contributed by atoms with E-state index >= 15 is 0 Å². The molecule has 4 atom stereocenters. The van der Waals surface area contributed by atoms with Gasteiger partial charge in [-0.1, -0.05) is 70.4 Å². The van der Waals surface area contributed by atoms with Crippen molar-refractivity contribution in [2.24, 2.45) is 0 Å². The van der Waals surface area contributed by atoms with E-state index in [1.165, 1.54) is 38.5 Å². The first-order chi connectivity index (χ1) is 22.0. The lowest BCUT2D eigenvalue weighted by Gasteiger charge is -2.20. The van der Waals surface area contributed by atoms with Crippen LogP contribution in [0.1, 0.15) is 116 Å². The standard InChI is InChI=1S/C32H57O13P/c1-2-3-4-5-6-7-8-9-10-11-12-13-14-15-16-19-31(38)42-25-29(26-44-46(40,41)43-24-28(35)23-33)45-32(39)20-17-18-27(34)21-22-30(36)37/h9-10,21-22,27-29,33-35H,2-8,11-20,23-26H2,1H3,(H,36,37)(H,40,41)/b10-9-,22-21+/t27?,28-,29+/m0/s1. The smallest absolute Gasteiger partial charge is 0.472 e. The van der Waals surface area contributed by atoms with Gasteiger partial charge in [-0.25, -0.2) is 9.36 Å². The molecular formula is C32H57O13P. The topological polar surface area (TPSA) is 206 Å². The zero-order chi connectivity index (χ0) is 34.5. The number of hydrogen-bond donors (Lipinski definition) is 5. The summed E-state index contributed by atoms with van der Waals surface area (Å²) in [6.07, 6.45) is 17.5. The van der Waals surface area contributed by atoms with Crippen molar-refractivity contribution in [1.29, 1.82) is 0 Å². The maximum Gasteiger partial charge on any atom is 0.472 e. The van der Waals surface area contributed by atoms with Crippen molar-refractivity contribution in [1.82, 2.24) is 0 Å². The Kier molecular flexibility index (Phi) is 27.7. The van der Waals surface area contributed by atoms with Gasteiger partial charge in [-0.3, -0.25) is 18.6 Å². The Morgan fingerprint density at radius 1 is 0.761 bits per heavy atom. The Balaban J connectivity index is 4.45. The molecule has 0 spiro atoms. The number of aliphatic hydroxyl groups excluding tert-OH is 3. The van der Waals surface area contributed by atoms with Crippen molar-refractivity contribution >= 4 is 25.7 Å². The van der Waals surface area contributed by atoms with E-state index in [0.717, 1.165) is 50.7 Å². The van der Waals surface area contributed by atoms with E-state index in [2.05, 4.69) is 23.6 Å². The summed E-state index contributed by atoms with van der Waals surface area (Å²) in [5.74, 6) is -2.51. The van der Waals surface area contributed by atoms with Gasteiger partial charge in [0, 0.05) is 18.9 Å². The van der Waals surface area contributed by atoms with Gasteiger partial charge in [0.25, 0.3) is 0 Å². The van der Waals surface area contributed by atoms with Gasteiger partial charge >= 0.3 is 25.7 Å². The Bertz CT molecular complexity index is 908. The molecule has 0 heterocycles. The maximum atomic E-state index is 12.3. The summed E-state index contributed by atoms with van der Waals surface area (Å²) < 4.78 is 31.9. The molecule has 0 aliphatic heterocycles. The lowest BCUT2D eigenvalue weighted by molar-refractivity contribution is -0.161. The number of carbonyl (C=O) groups excluding carboxylic acids is 2. The number of rotatable bonds is 31. The molecule has 0 aromatic carbocycles. The Labute approximate surface area is 273 Å². The normalized spacial score (nSPS) is 15.1. The van der Waals surface area contributed by atoms with Crippen LogP contribution in [-0.2, 0) is 37.5 Å². The quantitative estimate of drug-likeness (QED) is 0.0212. The number of aliphatic hydroxyl groups is 3. The number of esters is 2. The number of phosphoric ester groups is 1. The van der Waals surface area contributed by atoms with Gasteiger partial charge in [-0.15, -0.1) is 0 Å². The molecule has 0 aliphatic carbocycles. The van der Waals surface area contributed by atoms with E-state index < -0.39 is 70.5 Å². The third kappa shape index (κ3) is 29.3. The molecule has 0 fully saturated rings. The van der Waals surface area contributed by atoms with Gasteiger partial charge in [0.05, 0.1) is 25.9 Å². The minimum atomic E-state index is -4.70. The lowest BCUT2D eigenvalue weighted by atomic mass is 10.1. The van der Waals surface area contributed by atoms with E-state index in [0.29, 0.717) is 6.42 Å². The van der Waals surface area contributed by atoms with E-state index in [1.807, 2.05) is 0 Å². The Morgan fingerprint density at radius 3 is 1.93 bits per heavy atom. The van der Waals surface area contributed by atoms with Crippen molar-refractivity contribution < 1.29 is 62.8 Å². The minimum Gasteiger partial charge on any atom is -0.478 e. The summed E-state index contributed by atoms with van der Waals surface area (Å²) in [7, 11) is -4.70. The zero-order valence-electron chi connectivity index (χ0n) is 27.3. The molecule has 46 heavy (non-hydrogen) atoms. The predicted molar refractivity (Wildman–Crippen MR) is 172 cm³/mol. The molecule has 2 unspecified atom stereocenters. The minimum absolute atomic E-state index is 0.0812. The number of carboxylic acids is 1. The summed E-state index contributed by atoms with van der Waals surface area (Å²) in [5, 5.41) is 36.5. The predicted octanol–water partition coefficient (Wildman–Crippen LogP) is 5.14. The first-order valence-corrected chi connectivity index (χ1v) is 18.0. The molecular weight excluding hydrogens is 623 g/mol. The first kappa shape index (κ1) is 43.9. The SMILES string of the molecule is CCCCCCCC/C=C\CCCCCCCC(=O)OC[C@H](COP(=O)(O)OC[C@@H](O)CO)OC(=O)CCCC(O)/C=C/C(=O)O. The van der Waals surface area contributed by atoms with Crippen LogP contribution in [0.4, 0.5) is 0 Å². The molecule has 0 radical (unpaired) electrons. The van der Waals surface area contributed by atoms with E-state index in [1.54, 1.807) is 0 Å².